The van der Waals surface area contributed by atoms with Gasteiger partial charge in [0.2, 0.25) is 0 Å². The van der Waals surface area contributed by atoms with Gasteiger partial charge in [0.05, 0.1) is 15.7 Å². The Morgan fingerprint density at radius 2 is 2.05 bits per heavy atom. The molecule has 0 aliphatic heterocycles. The highest BCUT2D eigenvalue weighted by atomic mass is 35.5. The topological polar surface area (TPSA) is 70.6 Å². The molecule has 0 saturated carbocycles. The number of anilines is 1. The van der Waals surface area contributed by atoms with Crippen LogP contribution in [0.4, 0.5) is 10.1 Å². The van der Waals surface area contributed by atoms with E-state index in [1.54, 1.807) is 24.3 Å². The number of halogens is 3. The van der Waals surface area contributed by atoms with Gasteiger partial charge in [0.1, 0.15) is 5.82 Å². The lowest BCUT2D eigenvalue weighted by molar-refractivity contribution is 0.318. The summed E-state index contributed by atoms with van der Waals surface area (Å²) in [7, 11) is 0. The molecule has 2 aromatic rings. The van der Waals surface area contributed by atoms with Gasteiger partial charge in [0.15, 0.2) is 5.84 Å². The Balaban J connectivity index is 2.26. The molecule has 0 bridgehead atoms. The first-order valence-electron chi connectivity index (χ1n) is 5.97. The number of oxime groups is 1. The zero-order valence-electron chi connectivity index (χ0n) is 10.8. The summed E-state index contributed by atoms with van der Waals surface area (Å²) < 4.78 is 13.3. The number of nitrogens with one attached hydrogen (secondary N) is 1. The predicted molar refractivity (Wildman–Crippen MR) is 82.7 cm³/mol. The molecule has 21 heavy (non-hydrogen) atoms. The largest absolute Gasteiger partial charge is 0.409 e. The molecular formula is C14H12Cl2FN3O. The van der Waals surface area contributed by atoms with E-state index >= 15 is 0 Å². The number of rotatable bonds is 4. The van der Waals surface area contributed by atoms with E-state index in [9.17, 15) is 4.39 Å². The molecule has 0 amide bonds. The van der Waals surface area contributed by atoms with Gasteiger partial charge in [-0.25, -0.2) is 4.39 Å². The average Bonchev–Trinajstić information content (AvgIpc) is 2.49. The van der Waals surface area contributed by atoms with E-state index in [4.69, 9.17) is 34.1 Å². The highest BCUT2D eigenvalue weighted by Crippen LogP contribution is 2.30. The van der Waals surface area contributed by atoms with Crippen LogP contribution in [0.1, 0.15) is 11.1 Å². The fourth-order valence-electron chi connectivity index (χ4n) is 1.83. The van der Waals surface area contributed by atoms with E-state index in [-0.39, 0.29) is 5.84 Å². The Morgan fingerprint density at radius 1 is 1.29 bits per heavy atom. The van der Waals surface area contributed by atoms with Crippen LogP contribution in [0.25, 0.3) is 0 Å². The minimum absolute atomic E-state index is 0.163. The summed E-state index contributed by atoms with van der Waals surface area (Å²) in [6.07, 6.45) is 0. The second-order valence-electron chi connectivity index (χ2n) is 4.24. The van der Waals surface area contributed by atoms with Crippen LogP contribution >= 0.6 is 23.2 Å². The lowest BCUT2D eigenvalue weighted by atomic mass is 10.1. The summed E-state index contributed by atoms with van der Waals surface area (Å²) in [5.41, 5.74) is 7.15. The van der Waals surface area contributed by atoms with Crippen LogP contribution in [0.5, 0.6) is 0 Å². The summed E-state index contributed by atoms with van der Waals surface area (Å²) in [5.74, 6) is -0.635. The smallest absolute Gasteiger partial charge is 0.170 e. The number of nitrogens with zero attached hydrogens (tertiary/aromatic N) is 1. The van der Waals surface area contributed by atoms with Gasteiger partial charge < -0.3 is 16.3 Å². The van der Waals surface area contributed by atoms with Crippen LogP contribution in [-0.4, -0.2) is 11.0 Å². The summed E-state index contributed by atoms with van der Waals surface area (Å²) in [6.45, 7) is 0.311. The molecule has 0 saturated heterocycles. The molecular weight excluding hydrogens is 316 g/mol. The summed E-state index contributed by atoms with van der Waals surface area (Å²) in [6, 6.07) is 9.24. The maximum absolute atomic E-state index is 13.3. The third kappa shape index (κ3) is 3.56. The van der Waals surface area contributed by atoms with Crippen molar-refractivity contribution in [1.82, 2.24) is 0 Å². The Labute approximate surface area is 131 Å². The van der Waals surface area contributed by atoms with Crippen molar-refractivity contribution in [3.05, 3.63) is 63.4 Å². The van der Waals surface area contributed by atoms with Gasteiger partial charge in [-0.3, -0.25) is 0 Å². The van der Waals surface area contributed by atoms with Crippen LogP contribution in [0.15, 0.2) is 41.6 Å². The molecule has 0 aliphatic rings. The average molecular weight is 328 g/mol. The molecule has 0 aromatic heterocycles. The van der Waals surface area contributed by atoms with Crippen molar-refractivity contribution in [3.63, 3.8) is 0 Å². The second kappa shape index (κ2) is 6.65. The van der Waals surface area contributed by atoms with Crippen molar-refractivity contribution >= 4 is 34.7 Å². The first-order chi connectivity index (χ1) is 10.0. The predicted octanol–water partition coefficient (Wildman–Crippen LogP) is 3.84. The minimum Gasteiger partial charge on any atom is -0.409 e. The number of benzene rings is 2. The number of hydrogen-bond acceptors (Lipinski definition) is 3. The highest BCUT2D eigenvalue weighted by Gasteiger charge is 2.10. The van der Waals surface area contributed by atoms with Gasteiger partial charge in [0.25, 0.3) is 0 Å². The Kier molecular flexibility index (Phi) is 4.88. The molecule has 4 nitrogen and oxygen atoms in total. The van der Waals surface area contributed by atoms with Crippen LogP contribution in [0.2, 0.25) is 10.0 Å². The molecule has 0 unspecified atom stereocenters. The second-order valence-corrected chi connectivity index (χ2v) is 5.03. The first kappa shape index (κ1) is 15.4. The fourth-order valence-corrected chi connectivity index (χ4v) is 2.19. The van der Waals surface area contributed by atoms with Crippen molar-refractivity contribution in [2.45, 2.75) is 6.54 Å². The zero-order chi connectivity index (χ0) is 15.4. The summed E-state index contributed by atoms with van der Waals surface area (Å²) in [4.78, 5) is 0. The maximum atomic E-state index is 13.3. The van der Waals surface area contributed by atoms with E-state index in [2.05, 4.69) is 10.5 Å². The third-order valence-electron chi connectivity index (χ3n) is 2.88. The quantitative estimate of drug-likeness (QED) is 0.346. The van der Waals surface area contributed by atoms with Crippen molar-refractivity contribution < 1.29 is 9.60 Å². The zero-order valence-corrected chi connectivity index (χ0v) is 12.3. The van der Waals surface area contributed by atoms with Gasteiger partial charge in [-0.15, -0.1) is 0 Å². The first-order valence-corrected chi connectivity index (χ1v) is 6.72. The van der Waals surface area contributed by atoms with E-state index in [1.165, 1.54) is 12.1 Å². The Hall–Kier alpha value is -1.98. The van der Waals surface area contributed by atoms with Crippen LogP contribution in [0.3, 0.4) is 0 Å². The molecule has 0 radical (unpaired) electrons. The molecule has 0 fully saturated rings. The number of hydrogen-bond donors (Lipinski definition) is 3. The molecule has 0 atom stereocenters. The lowest BCUT2D eigenvalue weighted by Crippen LogP contribution is -2.17. The van der Waals surface area contributed by atoms with Crippen molar-refractivity contribution in [2.75, 3.05) is 5.32 Å². The van der Waals surface area contributed by atoms with Crippen molar-refractivity contribution in [3.8, 4) is 0 Å². The van der Waals surface area contributed by atoms with E-state index in [0.717, 1.165) is 0 Å². The Bertz CT molecular complexity index is 692. The molecule has 7 heteroatoms. The number of nitrogens with two attached hydrogens (primary N) is 1. The molecule has 110 valence electrons. The normalized spacial score (nSPS) is 11.5. The molecule has 0 heterocycles. The summed E-state index contributed by atoms with van der Waals surface area (Å²) >= 11 is 12.0. The third-order valence-corrected chi connectivity index (χ3v) is 3.70. The molecule has 2 aromatic carbocycles. The van der Waals surface area contributed by atoms with Crippen molar-refractivity contribution in [1.29, 1.82) is 0 Å². The van der Waals surface area contributed by atoms with E-state index < -0.39 is 5.82 Å². The van der Waals surface area contributed by atoms with Gasteiger partial charge in [-0.2, -0.15) is 0 Å². The van der Waals surface area contributed by atoms with Gasteiger partial charge >= 0.3 is 0 Å². The van der Waals surface area contributed by atoms with Gasteiger partial charge in [-0.05, 0) is 29.8 Å². The van der Waals surface area contributed by atoms with Gasteiger partial charge in [-0.1, -0.05) is 40.5 Å². The maximum Gasteiger partial charge on any atom is 0.170 e. The van der Waals surface area contributed by atoms with E-state index in [0.29, 0.717) is 33.4 Å². The van der Waals surface area contributed by atoms with Crippen molar-refractivity contribution in [2.24, 2.45) is 10.9 Å². The number of amidine groups is 1. The standard InChI is InChI=1S/C14H12Cl2FN3O/c15-11-2-1-3-12(13(11)16)19-7-8-4-5-9(17)6-10(8)14(18)20-21/h1-6,19,21H,7H2,(H2,18,20). The Morgan fingerprint density at radius 3 is 2.76 bits per heavy atom. The SMILES string of the molecule is NC(=NO)c1cc(F)ccc1CNc1cccc(Cl)c1Cl. The van der Waals surface area contributed by atoms with Gasteiger partial charge in [0, 0.05) is 12.1 Å². The monoisotopic (exact) mass is 327 g/mol. The van der Waals surface area contributed by atoms with Crippen LogP contribution < -0.4 is 11.1 Å². The van der Waals surface area contributed by atoms with E-state index in [1.807, 2.05) is 0 Å². The van der Waals surface area contributed by atoms with Crippen LogP contribution in [-0.2, 0) is 6.54 Å². The summed E-state index contributed by atoms with van der Waals surface area (Å²) in [5, 5.41) is 15.6. The molecule has 0 spiro atoms. The molecule has 0 aliphatic carbocycles. The highest BCUT2D eigenvalue weighted by molar-refractivity contribution is 6.43. The fraction of sp³-hybridized carbons (Fsp3) is 0.0714. The van der Waals surface area contributed by atoms with Crippen LogP contribution in [0, 0.1) is 5.82 Å². The molecule has 4 N–H and O–H groups in total. The molecule has 2 rings (SSSR count). The lowest BCUT2D eigenvalue weighted by Gasteiger charge is -2.12. The minimum atomic E-state index is -0.471.